The minimum absolute atomic E-state index is 0.0413. The summed E-state index contributed by atoms with van der Waals surface area (Å²) in [5, 5.41) is 11.0. The second-order valence-electron chi connectivity index (χ2n) is 6.90. The Labute approximate surface area is 174 Å². The van der Waals surface area contributed by atoms with E-state index < -0.39 is 17.7 Å². The molecule has 30 heavy (non-hydrogen) atoms. The molecule has 1 amide bonds. The molecule has 1 aromatic heterocycles. The van der Waals surface area contributed by atoms with Crippen LogP contribution in [-0.4, -0.2) is 33.8 Å². The molecule has 4 rings (SSSR count). The van der Waals surface area contributed by atoms with Crippen molar-refractivity contribution < 1.29 is 19.4 Å². The van der Waals surface area contributed by atoms with Gasteiger partial charge in [0.1, 0.15) is 11.5 Å². The minimum Gasteiger partial charge on any atom is -0.507 e. The number of hydrogen-bond acceptors (Lipinski definition) is 5. The van der Waals surface area contributed by atoms with E-state index in [1.54, 1.807) is 54.9 Å². The highest BCUT2D eigenvalue weighted by Gasteiger charge is 2.47. The van der Waals surface area contributed by atoms with Gasteiger partial charge in [-0.25, -0.2) is 0 Å². The number of aromatic nitrogens is 1. The molecule has 150 valence electrons. The van der Waals surface area contributed by atoms with Crippen LogP contribution in [0.5, 0.6) is 5.75 Å². The third kappa shape index (κ3) is 3.43. The number of amides is 1. The predicted molar refractivity (Wildman–Crippen MR) is 112 cm³/mol. The Morgan fingerprint density at radius 3 is 2.47 bits per heavy atom. The summed E-state index contributed by atoms with van der Waals surface area (Å²) in [6.07, 6.45) is 3.29. The number of nitrogens with zero attached hydrogens (tertiary/aromatic N) is 2. The number of aliphatic hydroxyl groups excluding tert-OH is 1. The first kappa shape index (κ1) is 19.4. The molecule has 1 aliphatic rings. The number of ether oxygens (including phenoxy) is 1. The van der Waals surface area contributed by atoms with Crippen LogP contribution in [-0.2, 0) is 16.1 Å². The van der Waals surface area contributed by atoms with Gasteiger partial charge < -0.3 is 14.7 Å². The highest BCUT2D eigenvalue weighted by atomic mass is 16.5. The van der Waals surface area contributed by atoms with Crippen molar-refractivity contribution in [3.63, 3.8) is 0 Å². The van der Waals surface area contributed by atoms with Crippen LogP contribution in [0.25, 0.3) is 5.76 Å². The van der Waals surface area contributed by atoms with Crippen molar-refractivity contribution in [1.82, 2.24) is 9.88 Å². The Morgan fingerprint density at radius 1 is 1.03 bits per heavy atom. The molecule has 1 aliphatic heterocycles. The topological polar surface area (TPSA) is 79.7 Å². The average Bonchev–Trinajstić information content (AvgIpc) is 3.04. The summed E-state index contributed by atoms with van der Waals surface area (Å²) >= 11 is 0. The number of ketones is 1. The molecular formula is C24H20N2O4. The molecule has 0 bridgehead atoms. The lowest BCUT2D eigenvalue weighted by Crippen LogP contribution is -2.29. The molecule has 3 aromatic rings. The van der Waals surface area contributed by atoms with E-state index in [0.29, 0.717) is 16.9 Å². The van der Waals surface area contributed by atoms with Crippen molar-refractivity contribution in [2.75, 3.05) is 7.11 Å². The van der Waals surface area contributed by atoms with Gasteiger partial charge in [-0.1, -0.05) is 54.6 Å². The maximum Gasteiger partial charge on any atom is 0.295 e. The molecule has 0 unspecified atom stereocenters. The average molecular weight is 400 g/mol. The van der Waals surface area contributed by atoms with Crippen molar-refractivity contribution in [3.05, 3.63) is 101 Å². The molecule has 0 spiro atoms. The number of rotatable bonds is 5. The van der Waals surface area contributed by atoms with Crippen molar-refractivity contribution in [2.24, 2.45) is 0 Å². The lowest BCUT2D eigenvalue weighted by Gasteiger charge is -2.26. The number of methoxy groups -OCH3 is 1. The molecule has 1 saturated heterocycles. The number of Topliss-reactive ketones (excluding diaryl/α,β-unsaturated/α-hetero) is 1. The zero-order valence-electron chi connectivity index (χ0n) is 16.4. The van der Waals surface area contributed by atoms with Crippen molar-refractivity contribution in [1.29, 1.82) is 0 Å². The van der Waals surface area contributed by atoms with Gasteiger partial charge in [-0.05, 0) is 17.7 Å². The first-order chi connectivity index (χ1) is 14.6. The van der Waals surface area contributed by atoms with Gasteiger partial charge in [0.25, 0.3) is 11.7 Å². The second kappa shape index (κ2) is 8.21. The standard InChI is InChI=1S/C24H20N2O4/c1-30-19-12-6-5-11-18(19)21-20(22(27)17-9-3-2-4-10-17)23(28)24(29)26(21)15-16-8-7-13-25-14-16/h2-14,21,27H,15H2,1H3/t21-/m0/s1. The van der Waals surface area contributed by atoms with E-state index in [0.717, 1.165) is 5.56 Å². The summed E-state index contributed by atoms with van der Waals surface area (Å²) in [4.78, 5) is 31.6. The van der Waals surface area contributed by atoms with Crippen LogP contribution in [0.3, 0.4) is 0 Å². The Morgan fingerprint density at radius 2 is 1.77 bits per heavy atom. The van der Waals surface area contributed by atoms with Crippen LogP contribution in [0, 0.1) is 0 Å². The van der Waals surface area contributed by atoms with Gasteiger partial charge in [0.2, 0.25) is 0 Å². The van der Waals surface area contributed by atoms with Gasteiger partial charge >= 0.3 is 0 Å². The van der Waals surface area contributed by atoms with Gasteiger partial charge in [0.15, 0.2) is 0 Å². The van der Waals surface area contributed by atoms with Gasteiger partial charge in [0, 0.05) is 30.1 Å². The maximum atomic E-state index is 13.0. The summed E-state index contributed by atoms with van der Waals surface area (Å²) in [5.41, 5.74) is 1.91. The van der Waals surface area contributed by atoms with Crippen molar-refractivity contribution in [3.8, 4) is 5.75 Å². The van der Waals surface area contributed by atoms with Crippen LogP contribution >= 0.6 is 0 Å². The zero-order chi connectivity index (χ0) is 21.1. The molecule has 2 heterocycles. The summed E-state index contributed by atoms with van der Waals surface area (Å²) in [6, 6.07) is 18.7. The Hall–Kier alpha value is -3.93. The van der Waals surface area contributed by atoms with Gasteiger partial charge in [-0.15, -0.1) is 0 Å². The normalized spacial score (nSPS) is 17.9. The lowest BCUT2D eigenvalue weighted by molar-refractivity contribution is -0.140. The number of carbonyl (C=O) groups excluding carboxylic acids is 2. The zero-order valence-corrected chi connectivity index (χ0v) is 16.4. The summed E-state index contributed by atoms with van der Waals surface area (Å²) < 4.78 is 5.49. The fraction of sp³-hybridized carbons (Fsp3) is 0.125. The first-order valence-electron chi connectivity index (χ1n) is 9.47. The van der Waals surface area contributed by atoms with Crippen LogP contribution in [0.2, 0.25) is 0 Å². The minimum atomic E-state index is -0.790. The molecule has 2 aromatic carbocycles. The van der Waals surface area contributed by atoms with E-state index >= 15 is 0 Å². The largest absolute Gasteiger partial charge is 0.507 e. The summed E-state index contributed by atoms with van der Waals surface area (Å²) in [7, 11) is 1.53. The predicted octanol–water partition coefficient (Wildman–Crippen LogP) is 3.71. The van der Waals surface area contributed by atoms with E-state index in [2.05, 4.69) is 4.98 Å². The number of benzene rings is 2. The molecule has 1 fully saturated rings. The Kier molecular flexibility index (Phi) is 5.30. The molecule has 0 saturated carbocycles. The van der Waals surface area contributed by atoms with E-state index in [1.165, 1.54) is 12.0 Å². The van der Waals surface area contributed by atoms with Crippen molar-refractivity contribution >= 4 is 17.4 Å². The number of likely N-dealkylation sites (tertiary alicyclic amines) is 1. The number of para-hydroxylation sites is 1. The van der Waals surface area contributed by atoms with Crippen LogP contribution < -0.4 is 4.74 Å². The number of hydrogen-bond donors (Lipinski definition) is 1. The van der Waals surface area contributed by atoms with E-state index in [4.69, 9.17) is 4.74 Å². The van der Waals surface area contributed by atoms with Gasteiger partial charge in [-0.2, -0.15) is 0 Å². The first-order valence-corrected chi connectivity index (χ1v) is 9.47. The number of aliphatic hydroxyl groups is 1. The smallest absolute Gasteiger partial charge is 0.295 e. The Balaban J connectivity index is 1.90. The quantitative estimate of drug-likeness (QED) is 0.401. The monoisotopic (exact) mass is 400 g/mol. The highest BCUT2D eigenvalue weighted by molar-refractivity contribution is 6.46. The summed E-state index contributed by atoms with van der Waals surface area (Å²) in [5.74, 6) is -1.08. The van der Waals surface area contributed by atoms with Gasteiger partial charge in [-0.3, -0.25) is 14.6 Å². The molecule has 6 nitrogen and oxygen atoms in total. The van der Waals surface area contributed by atoms with Crippen LogP contribution in [0.1, 0.15) is 22.7 Å². The van der Waals surface area contributed by atoms with Crippen molar-refractivity contribution in [2.45, 2.75) is 12.6 Å². The van der Waals surface area contributed by atoms with Gasteiger partial charge in [0.05, 0.1) is 18.7 Å². The Bertz CT molecular complexity index is 1110. The van der Waals surface area contributed by atoms with E-state index in [1.807, 2.05) is 24.3 Å². The molecular weight excluding hydrogens is 380 g/mol. The number of carbonyl (C=O) groups is 2. The lowest BCUT2D eigenvalue weighted by atomic mass is 9.94. The number of pyridine rings is 1. The molecule has 1 atom stereocenters. The van der Waals surface area contributed by atoms with E-state index in [9.17, 15) is 14.7 Å². The molecule has 6 heteroatoms. The highest BCUT2D eigenvalue weighted by Crippen LogP contribution is 2.43. The SMILES string of the molecule is COc1ccccc1[C@H]1C(=C(O)c2ccccc2)C(=O)C(=O)N1Cc1cccnc1. The second-order valence-corrected chi connectivity index (χ2v) is 6.90. The fourth-order valence-corrected chi connectivity index (χ4v) is 3.70. The van der Waals surface area contributed by atoms with Crippen LogP contribution in [0.15, 0.2) is 84.7 Å². The van der Waals surface area contributed by atoms with Crippen LogP contribution in [0.4, 0.5) is 0 Å². The third-order valence-corrected chi connectivity index (χ3v) is 5.10. The third-order valence-electron chi connectivity index (χ3n) is 5.10. The molecule has 1 N–H and O–H groups in total. The fourth-order valence-electron chi connectivity index (χ4n) is 3.70. The molecule has 0 aliphatic carbocycles. The summed E-state index contributed by atoms with van der Waals surface area (Å²) in [6.45, 7) is 0.173. The maximum absolute atomic E-state index is 13.0. The molecule has 0 radical (unpaired) electrons. The van der Waals surface area contributed by atoms with E-state index in [-0.39, 0.29) is 17.9 Å².